The van der Waals surface area contributed by atoms with E-state index in [0.29, 0.717) is 0 Å². The largest absolute Gasteiger partial charge is 0.497 e. The Morgan fingerprint density at radius 3 is 1.94 bits per heavy atom. The van der Waals surface area contributed by atoms with Crippen LogP contribution in [0.5, 0.6) is 11.5 Å². The van der Waals surface area contributed by atoms with Crippen molar-refractivity contribution in [1.29, 1.82) is 0 Å². The summed E-state index contributed by atoms with van der Waals surface area (Å²) in [5.74, 6) is 1.72. The summed E-state index contributed by atoms with van der Waals surface area (Å²) in [5, 5.41) is 2.21. The van der Waals surface area contributed by atoms with Crippen molar-refractivity contribution in [2.45, 2.75) is 12.8 Å². The molecule has 5 aromatic rings. The van der Waals surface area contributed by atoms with Gasteiger partial charge in [-0.05, 0) is 59.5 Å². The molecule has 2 aromatic heterocycles. The van der Waals surface area contributed by atoms with Gasteiger partial charge in [-0.25, -0.2) is 4.98 Å². The van der Waals surface area contributed by atoms with Gasteiger partial charge in [0.15, 0.2) is 0 Å². The van der Waals surface area contributed by atoms with Gasteiger partial charge in [0.05, 0.1) is 25.3 Å². The fraction of sp³-hybridized carbons (Fsp3) is 0.143. The molecule has 0 fully saturated rings. The zero-order chi connectivity index (χ0) is 21.9. The average Bonchev–Trinajstić information content (AvgIpc) is 2.85. The second-order valence-electron chi connectivity index (χ2n) is 7.86. The summed E-state index contributed by atoms with van der Waals surface area (Å²) in [7, 11) is 3.37. The van der Waals surface area contributed by atoms with E-state index in [0.717, 1.165) is 51.8 Å². The maximum atomic E-state index is 5.31. The maximum Gasteiger partial charge on any atom is 0.118 e. The second kappa shape index (κ2) is 8.67. The number of ether oxygens (including phenoxy) is 2. The summed E-state index contributed by atoms with van der Waals surface area (Å²) >= 11 is 0. The molecule has 4 heteroatoms. The minimum absolute atomic E-state index is 0.745. The monoisotopic (exact) mass is 420 g/mol. The molecular weight excluding hydrogens is 396 g/mol. The summed E-state index contributed by atoms with van der Waals surface area (Å²) in [6.07, 6.45) is 3.38. The molecule has 0 spiro atoms. The Hall–Kier alpha value is -3.92. The first kappa shape index (κ1) is 20.0. The first-order valence-corrected chi connectivity index (χ1v) is 10.7. The third kappa shape index (κ3) is 4.00. The van der Waals surface area contributed by atoms with Crippen LogP contribution in [-0.4, -0.2) is 24.2 Å². The van der Waals surface area contributed by atoms with E-state index in [1.54, 1.807) is 14.2 Å². The van der Waals surface area contributed by atoms with Crippen molar-refractivity contribution in [2.75, 3.05) is 14.2 Å². The van der Waals surface area contributed by atoms with Crippen LogP contribution in [0.3, 0.4) is 0 Å². The molecule has 5 rings (SSSR count). The third-order valence-corrected chi connectivity index (χ3v) is 5.81. The summed E-state index contributed by atoms with van der Waals surface area (Å²) in [4.78, 5) is 9.77. The van der Waals surface area contributed by atoms with Crippen molar-refractivity contribution < 1.29 is 9.47 Å². The Morgan fingerprint density at radius 2 is 1.28 bits per heavy atom. The summed E-state index contributed by atoms with van der Waals surface area (Å²) in [5.41, 5.74) is 6.59. The topological polar surface area (TPSA) is 44.2 Å². The summed E-state index contributed by atoms with van der Waals surface area (Å²) in [6, 6.07) is 27.0. The molecule has 0 saturated carbocycles. The van der Waals surface area contributed by atoms with E-state index in [4.69, 9.17) is 14.5 Å². The quantitative estimate of drug-likeness (QED) is 0.317. The lowest BCUT2D eigenvalue weighted by Crippen LogP contribution is -2.02. The second-order valence-corrected chi connectivity index (χ2v) is 7.86. The van der Waals surface area contributed by atoms with Gasteiger partial charge in [-0.2, -0.15) is 0 Å². The number of methoxy groups -OCH3 is 2. The minimum Gasteiger partial charge on any atom is -0.497 e. The fourth-order valence-corrected chi connectivity index (χ4v) is 4.06. The molecule has 0 aliphatic rings. The first-order chi connectivity index (χ1) is 15.7. The van der Waals surface area contributed by atoms with Gasteiger partial charge in [-0.3, -0.25) is 4.98 Å². The van der Waals surface area contributed by atoms with E-state index < -0.39 is 0 Å². The lowest BCUT2D eigenvalue weighted by Gasteiger charge is -2.13. The van der Waals surface area contributed by atoms with Crippen molar-refractivity contribution in [3.05, 3.63) is 107 Å². The molecule has 0 aliphatic heterocycles. The number of fused-ring (bicyclic) bond motifs is 3. The van der Waals surface area contributed by atoms with Crippen LogP contribution in [-0.2, 0) is 12.8 Å². The molecule has 0 aliphatic carbocycles. The van der Waals surface area contributed by atoms with E-state index in [1.807, 2.05) is 36.5 Å². The molecule has 0 radical (unpaired) electrons. The highest BCUT2D eigenvalue weighted by Gasteiger charge is 2.12. The molecule has 158 valence electrons. The van der Waals surface area contributed by atoms with E-state index in [1.165, 1.54) is 16.7 Å². The van der Waals surface area contributed by atoms with Gasteiger partial charge in [0.25, 0.3) is 0 Å². The lowest BCUT2D eigenvalue weighted by atomic mass is 9.97. The maximum absolute atomic E-state index is 5.31. The van der Waals surface area contributed by atoms with Crippen LogP contribution in [0.15, 0.2) is 85.1 Å². The SMILES string of the molecule is COc1ccc(Cc2cc3ccc4cccnc4c3nc2Cc2ccc(OC)cc2)cc1. The molecule has 0 unspecified atom stereocenters. The molecule has 3 aromatic carbocycles. The normalized spacial score (nSPS) is 11.1. The van der Waals surface area contributed by atoms with Gasteiger partial charge < -0.3 is 9.47 Å². The highest BCUT2D eigenvalue weighted by Crippen LogP contribution is 2.27. The zero-order valence-corrected chi connectivity index (χ0v) is 18.2. The number of benzene rings is 3. The summed E-state index contributed by atoms with van der Waals surface area (Å²) < 4.78 is 10.6. The number of nitrogens with zero attached hydrogens (tertiary/aromatic N) is 2. The van der Waals surface area contributed by atoms with Gasteiger partial charge in [0, 0.05) is 29.1 Å². The van der Waals surface area contributed by atoms with Crippen molar-refractivity contribution in [3.8, 4) is 11.5 Å². The molecule has 4 nitrogen and oxygen atoms in total. The van der Waals surface area contributed by atoms with Crippen molar-refractivity contribution >= 4 is 21.8 Å². The molecule has 0 bridgehead atoms. The van der Waals surface area contributed by atoms with E-state index in [9.17, 15) is 0 Å². The molecule has 2 heterocycles. The number of hydrogen-bond donors (Lipinski definition) is 0. The number of rotatable bonds is 6. The standard InChI is InChI=1S/C28H24N2O2/c1-31-24-11-5-19(6-12-24)16-23-18-22-10-9-21-4-3-15-29-27(21)28(22)30-26(23)17-20-7-13-25(32-2)14-8-20/h3-15,18H,16-17H2,1-2H3. The zero-order valence-electron chi connectivity index (χ0n) is 18.2. The van der Waals surface area contributed by atoms with Crippen molar-refractivity contribution in [3.63, 3.8) is 0 Å². The summed E-state index contributed by atoms with van der Waals surface area (Å²) in [6.45, 7) is 0. The Labute approximate surface area is 187 Å². The van der Waals surface area contributed by atoms with Crippen LogP contribution >= 0.6 is 0 Å². The van der Waals surface area contributed by atoms with Crippen LogP contribution in [0.1, 0.15) is 22.4 Å². The third-order valence-electron chi connectivity index (χ3n) is 5.81. The van der Waals surface area contributed by atoms with Crippen LogP contribution in [0.2, 0.25) is 0 Å². The molecule has 0 amide bonds. The Kier molecular flexibility index (Phi) is 5.42. The van der Waals surface area contributed by atoms with Crippen LogP contribution < -0.4 is 9.47 Å². The number of aromatic nitrogens is 2. The molecule has 0 atom stereocenters. The van der Waals surface area contributed by atoms with Gasteiger partial charge in [-0.1, -0.05) is 42.5 Å². The Bertz CT molecular complexity index is 1380. The molecular formula is C28H24N2O2. The molecule has 32 heavy (non-hydrogen) atoms. The minimum atomic E-state index is 0.745. The number of hydrogen-bond acceptors (Lipinski definition) is 4. The fourth-order valence-electron chi connectivity index (χ4n) is 4.06. The average molecular weight is 421 g/mol. The van der Waals surface area contributed by atoms with Crippen LogP contribution in [0.25, 0.3) is 21.8 Å². The van der Waals surface area contributed by atoms with E-state index in [-0.39, 0.29) is 0 Å². The van der Waals surface area contributed by atoms with Crippen LogP contribution in [0.4, 0.5) is 0 Å². The predicted molar refractivity (Wildman–Crippen MR) is 129 cm³/mol. The van der Waals surface area contributed by atoms with Gasteiger partial charge >= 0.3 is 0 Å². The number of pyridine rings is 2. The highest BCUT2D eigenvalue weighted by atomic mass is 16.5. The van der Waals surface area contributed by atoms with Gasteiger partial charge in [0.1, 0.15) is 11.5 Å². The smallest absolute Gasteiger partial charge is 0.118 e. The predicted octanol–water partition coefficient (Wildman–Crippen LogP) is 5.98. The first-order valence-electron chi connectivity index (χ1n) is 10.7. The Morgan fingerprint density at radius 1 is 0.656 bits per heavy atom. The molecule has 0 N–H and O–H groups in total. The molecule has 0 saturated heterocycles. The Balaban J connectivity index is 1.61. The van der Waals surface area contributed by atoms with Gasteiger partial charge in [-0.15, -0.1) is 0 Å². The van der Waals surface area contributed by atoms with Gasteiger partial charge in [0.2, 0.25) is 0 Å². The van der Waals surface area contributed by atoms with Crippen LogP contribution in [0, 0.1) is 0 Å². The van der Waals surface area contributed by atoms with E-state index >= 15 is 0 Å². The van der Waals surface area contributed by atoms with Crippen molar-refractivity contribution in [2.24, 2.45) is 0 Å². The highest BCUT2D eigenvalue weighted by molar-refractivity contribution is 6.02. The van der Waals surface area contributed by atoms with Crippen molar-refractivity contribution in [1.82, 2.24) is 9.97 Å². The lowest BCUT2D eigenvalue weighted by molar-refractivity contribution is 0.414. The van der Waals surface area contributed by atoms with E-state index in [2.05, 4.69) is 53.5 Å².